The molecule has 0 aliphatic carbocycles. The predicted molar refractivity (Wildman–Crippen MR) is 134 cm³/mol. The number of hydrogen-bond acceptors (Lipinski definition) is 5. The monoisotopic (exact) mass is 465 g/mol. The number of nitro benzene ring substituents is 1. The fourth-order valence-corrected chi connectivity index (χ4v) is 3.40. The maximum Gasteiger partial charge on any atom is 0.270 e. The molecule has 0 aliphatic rings. The highest BCUT2D eigenvalue weighted by Gasteiger charge is 2.13. The van der Waals surface area contributed by atoms with E-state index in [2.05, 4.69) is 0 Å². The van der Waals surface area contributed by atoms with E-state index in [1.807, 2.05) is 60.7 Å². The van der Waals surface area contributed by atoms with Crippen molar-refractivity contribution in [2.24, 2.45) is 0 Å². The highest BCUT2D eigenvalue weighted by Crippen LogP contribution is 2.28. The van der Waals surface area contributed by atoms with Gasteiger partial charge < -0.3 is 9.47 Å². The van der Waals surface area contributed by atoms with Crippen LogP contribution in [0, 0.1) is 10.1 Å². The second kappa shape index (κ2) is 11.4. The fraction of sp³-hybridized carbons (Fsp3) is 0.0690. The van der Waals surface area contributed by atoms with Crippen LogP contribution in [0.1, 0.15) is 27.0 Å². The van der Waals surface area contributed by atoms with Gasteiger partial charge in [0.05, 0.1) is 10.5 Å². The van der Waals surface area contributed by atoms with E-state index in [9.17, 15) is 14.9 Å². The number of nitro groups is 1. The molecule has 0 unspecified atom stereocenters. The average molecular weight is 466 g/mol. The molecule has 4 aromatic rings. The summed E-state index contributed by atoms with van der Waals surface area (Å²) in [4.78, 5) is 23.6. The lowest BCUT2D eigenvalue weighted by molar-refractivity contribution is -0.384. The van der Waals surface area contributed by atoms with Crippen molar-refractivity contribution >= 4 is 17.5 Å². The Balaban J connectivity index is 1.55. The molecule has 0 fully saturated rings. The van der Waals surface area contributed by atoms with E-state index in [0.717, 1.165) is 11.1 Å². The van der Waals surface area contributed by atoms with Crippen molar-refractivity contribution in [2.45, 2.75) is 13.2 Å². The number of allylic oxidation sites excluding steroid dienone is 1. The van der Waals surface area contributed by atoms with Gasteiger partial charge in [0.1, 0.15) is 24.7 Å². The van der Waals surface area contributed by atoms with Crippen molar-refractivity contribution in [3.63, 3.8) is 0 Å². The van der Waals surface area contributed by atoms with Crippen molar-refractivity contribution < 1.29 is 19.2 Å². The van der Waals surface area contributed by atoms with Gasteiger partial charge in [-0.15, -0.1) is 0 Å². The molecule has 0 atom stereocenters. The zero-order chi connectivity index (χ0) is 24.5. The number of carbonyl (C=O) groups excluding carboxylic acids is 1. The summed E-state index contributed by atoms with van der Waals surface area (Å²) in [6.07, 6.45) is 2.93. The normalized spacial score (nSPS) is 10.7. The topological polar surface area (TPSA) is 78.7 Å². The van der Waals surface area contributed by atoms with Crippen LogP contribution in [0.4, 0.5) is 5.69 Å². The first kappa shape index (κ1) is 23.4. The zero-order valence-corrected chi connectivity index (χ0v) is 18.9. The van der Waals surface area contributed by atoms with Crippen LogP contribution >= 0.6 is 0 Å². The number of benzene rings is 4. The average Bonchev–Trinajstić information content (AvgIpc) is 2.90. The van der Waals surface area contributed by atoms with E-state index in [-0.39, 0.29) is 18.1 Å². The van der Waals surface area contributed by atoms with Crippen molar-refractivity contribution in [1.82, 2.24) is 0 Å². The summed E-state index contributed by atoms with van der Waals surface area (Å²) in [5.74, 6) is 0.693. The quantitative estimate of drug-likeness (QED) is 0.113. The molecular formula is C29H23NO5. The summed E-state index contributed by atoms with van der Waals surface area (Å²) in [6, 6.07) is 30.7. The Morgan fingerprint density at radius 3 is 2.09 bits per heavy atom. The lowest BCUT2D eigenvalue weighted by Gasteiger charge is -2.13. The molecular weight excluding hydrogens is 442 g/mol. The van der Waals surface area contributed by atoms with E-state index in [0.29, 0.717) is 29.2 Å². The molecule has 0 aromatic heterocycles. The molecule has 35 heavy (non-hydrogen) atoms. The molecule has 0 aliphatic heterocycles. The number of ketones is 1. The minimum Gasteiger partial charge on any atom is -0.489 e. The minimum absolute atomic E-state index is 0.0357. The Hall–Kier alpha value is -4.71. The highest BCUT2D eigenvalue weighted by molar-refractivity contribution is 6.08. The first-order valence-electron chi connectivity index (χ1n) is 11.0. The molecule has 174 valence electrons. The van der Waals surface area contributed by atoms with Crippen LogP contribution in [0.5, 0.6) is 11.5 Å². The number of hydrogen-bond donors (Lipinski definition) is 0. The maximum absolute atomic E-state index is 13.0. The van der Waals surface area contributed by atoms with Crippen molar-refractivity contribution in [2.75, 3.05) is 0 Å². The molecule has 0 amide bonds. The van der Waals surface area contributed by atoms with Gasteiger partial charge in [0.25, 0.3) is 5.69 Å². The molecule has 4 aromatic carbocycles. The van der Waals surface area contributed by atoms with Gasteiger partial charge in [0, 0.05) is 18.2 Å². The Morgan fingerprint density at radius 2 is 1.43 bits per heavy atom. The standard InChI is InChI=1S/C29H23NO5/c31-28(17-14-22-12-7-13-25(18-22)30(32)33)27-16-15-26(34-20-23-8-3-1-4-9-23)19-29(27)35-21-24-10-5-2-6-11-24/h1-19H,20-21H2/b17-14+. The van der Waals surface area contributed by atoms with Gasteiger partial charge >= 0.3 is 0 Å². The first-order valence-corrected chi connectivity index (χ1v) is 11.0. The second-order valence-corrected chi connectivity index (χ2v) is 7.76. The SMILES string of the molecule is O=C(/C=C/c1cccc([N+](=O)[O-])c1)c1ccc(OCc2ccccc2)cc1OCc1ccccc1. The minimum atomic E-state index is -0.469. The molecule has 0 saturated carbocycles. The van der Waals surface area contributed by atoms with E-state index in [4.69, 9.17) is 9.47 Å². The van der Waals surface area contributed by atoms with Crippen LogP contribution in [-0.4, -0.2) is 10.7 Å². The summed E-state index contributed by atoms with van der Waals surface area (Å²) < 4.78 is 11.9. The van der Waals surface area contributed by atoms with Crippen LogP contribution in [0.25, 0.3) is 6.08 Å². The summed E-state index contributed by atoms with van der Waals surface area (Å²) >= 11 is 0. The molecule has 4 rings (SSSR count). The third-order valence-corrected chi connectivity index (χ3v) is 5.21. The highest BCUT2D eigenvalue weighted by atomic mass is 16.6. The maximum atomic E-state index is 13.0. The number of rotatable bonds is 10. The Labute approximate surface area is 203 Å². The molecule has 6 heteroatoms. The van der Waals surface area contributed by atoms with Gasteiger partial charge in [-0.25, -0.2) is 0 Å². The van der Waals surface area contributed by atoms with Crippen LogP contribution in [0.3, 0.4) is 0 Å². The fourth-order valence-electron chi connectivity index (χ4n) is 3.40. The molecule has 0 saturated heterocycles. The van der Waals surface area contributed by atoms with Gasteiger partial charge in [-0.1, -0.05) is 78.9 Å². The summed E-state index contributed by atoms with van der Waals surface area (Å²) in [5.41, 5.74) is 2.89. The zero-order valence-electron chi connectivity index (χ0n) is 18.9. The largest absolute Gasteiger partial charge is 0.489 e. The Bertz CT molecular complexity index is 1330. The van der Waals surface area contributed by atoms with Crippen molar-refractivity contribution in [3.8, 4) is 11.5 Å². The van der Waals surface area contributed by atoms with Gasteiger partial charge in [-0.2, -0.15) is 0 Å². The van der Waals surface area contributed by atoms with Crippen LogP contribution in [-0.2, 0) is 13.2 Å². The molecule has 0 N–H and O–H groups in total. The Morgan fingerprint density at radius 1 is 0.771 bits per heavy atom. The van der Waals surface area contributed by atoms with E-state index in [1.54, 1.807) is 36.4 Å². The van der Waals surface area contributed by atoms with Crippen LogP contribution in [0.15, 0.2) is 109 Å². The molecule has 0 heterocycles. The van der Waals surface area contributed by atoms with E-state index in [1.165, 1.54) is 18.2 Å². The summed E-state index contributed by atoms with van der Waals surface area (Å²) in [7, 11) is 0. The van der Waals surface area contributed by atoms with E-state index >= 15 is 0 Å². The molecule has 0 bridgehead atoms. The van der Waals surface area contributed by atoms with Gasteiger partial charge in [-0.05, 0) is 34.9 Å². The smallest absolute Gasteiger partial charge is 0.270 e. The van der Waals surface area contributed by atoms with Gasteiger partial charge in [0.2, 0.25) is 0 Å². The summed E-state index contributed by atoms with van der Waals surface area (Å²) in [6.45, 7) is 0.677. The van der Waals surface area contributed by atoms with Crippen molar-refractivity contribution in [1.29, 1.82) is 0 Å². The third kappa shape index (κ3) is 6.65. The number of non-ortho nitro benzene ring substituents is 1. The lowest BCUT2D eigenvalue weighted by atomic mass is 10.1. The Kier molecular flexibility index (Phi) is 7.66. The third-order valence-electron chi connectivity index (χ3n) is 5.21. The lowest BCUT2D eigenvalue weighted by Crippen LogP contribution is -2.04. The van der Waals surface area contributed by atoms with Gasteiger partial charge in [0.15, 0.2) is 5.78 Å². The number of nitrogens with zero attached hydrogens (tertiary/aromatic N) is 1. The van der Waals surface area contributed by atoms with Crippen molar-refractivity contribution in [3.05, 3.63) is 142 Å². The number of ether oxygens (including phenoxy) is 2. The first-order chi connectivity index (χ1) is 17.1. The summed E-state index contributed by atoms with van der Waals surface area (Å²) in [5, 5.41) is 11.0. The molecule has 0 radical (unpaired) electrons. The van der Waals surface area contributed by atoms with Gasteiger partial charge in [-0.3, -0.25) is 14.9 Å². The van der Waals surface area contributed by atoms with E-state index < -0.39 is 4.92 Å². The number of carbonyl (C=O) groups is 1. The molecule has 0 spiro atoms. The van der Waals surface area contributed by atoms with Crippen LogP contribution < -0.4 is 9.47 Å². The van der Waals surface area contributed by atoms with Crippen LogP contribution in [0.2, 0.25) is 0 Å². The second-order valence-electron chi connectivity index (χ2n) is 7.76. The molecule has 6 nitrogen and oxygen atoms in total. The predicted octanol–water partition coefficient (Wildman–Crippen LogP) is 6.65.